The van der Waals surface area contributed by atoms with Gasteiger partial charge in [-0.1, -0.05) is 11.6 Å². The number of hydrogen-bond acceptors (Lipinski definition) is 4. The monoisotopic (exact) mass is 244 g/mol. The van der Waals surface area contributed by atoms with Gasteiger partial charge in [-0.05, 0) is 26.0 Å². The van der Waals surface area contributed by atoms with Gasteiger partial charge in [0.2, 0.25) is 5.91 Å². The molecule has 0 saturated heterocycles. The number of aryl methyl sites for hydroxylation is 1. The van der Waals surface area contributed by atoms with Gasteiger partial charge in [-0.15, -0.1) is 0 Å². The van der Waals surface area contributed by atoms with E-state index in [9.17, 15) is 4.79 Å². The average molecular weight is 244 g/mol. The molecule has 0 saturated carbocycles. The third kappa shape index (κ3) is 2.40. The maximum absolute atomic E-state index is 11.5. The van der Waals surface area contributed by atoms with Crippen LogP contribution in [0.2, 0.25) is 0 Å². The van der Waals surface area contributed by atoms with Crippen molar-refractivity contribution in [3.8, 4) is 0 Å². The van der Waals surface area contributed by atoms with Gasteiger partial charge in [0, 0.05) is 12.4 Å². The lowest BCUT2D eigenvalue weighted by molar-refractivity contribution is -0.121. The Bertz CT molecular complexity index is 582. The number of likely N-dealkylation sites (N-methyl/N-ethyl adjacent to an activating group) is 1. The maximum atomic E-state index is 11.5. The third-order valence-corrected chi connectivity index (χ3v) is 2.78. The fourth-order valence-electron chi connectivity index (χ4n) is 1.77. The van der Waals surface area contributed by atoms with Crippen LogP contribution >= 0.6 is 0 Å². The second kappa shape index (κ2) is 5.00. The first kappa shape index (κ1) is 12.3. The quantitative estimate of drug-likeness (QED) is 0.858. The van der Waals surface area contributed by atoms with E-state index in [1.54, 1.807) is 14.0 Å². The SMILES string of the molecule is CNC(=O)[C@H](C)Nc1ncnc2ccc(C)cc12. The molecule has 0 aliphatic rings. The molecular weight excluding hydrogens is 228 g/mol. The topological polar surface area (TPSA) is 66.9 Å². The highest BCUT2D eigenvalue weighted by Gasteiger charge is 2.13. The minimum atomic E-state index is -0.339. The first-order valence-corrected chi connectivity index (χ1v) is 5.81. The predicted octanol–water partition coefficient (Wildman–Crippen LogP) is 1.48. The standard InChI is InChI=1S/C13H16N4O/c1-8-4-5-11-10(6-8)12(16-7-15-11)17-9(2)13(18)14-3/h4-7,9H,1-3H3,(H,14,18)(H,15,16,17)/t9-/m0/s1. The van der Waals surface area contributed by atoms with Crippen LogP contribution in [0.1, 0.15) is 12.5 Å². The summed E-state index contributed by atoms with van der Waals surface area (Å²) in [5.41, 5.74) is 2.00. The van der Waals surface area contributed by atoms with Gasteiger partial charge in [0.1, 0.15) is 18.2 Å². The summed E-state index contributed by atoms with van der Waals surface area (Å²) in [6.45, 7) is 3.81. The molecule has 2 N–H and O–H groups in total. The molecule has 0 bridgehead atoms. The van der Waals surface area contributed by atoms with Crippen molar-refractivity contribution in [2.45, 2.75) is 19.9 Å². The molecule has 1 aromatic carbocycles. The molecule has 0 aliphatic heterocycles. The molecule has 0 radical (unpaired) electrons. The molecule has 2 aromatic rings. The molecule has 0 aliphatic carbocycles. The number of anilines is 1. The van der Waals surface area contributed by atoms with E-state index in [4.69, 9.17) is 0 Å². The van der Waals surface area contributed by atoms with E-state index in [0.717, 1.165) is 16.5 Å². The lowest BCUT2D eigenvalue weighted by Crippen LogP contribution is -2.35. The van der Waals surface area contributed by atoms with Gasteiger partial charge in [-0.3, -0.25) is 4.79 Å². The zero-order chi connectivity index (χ0) is 13.1. The van der Waals surface area contributed by atoms with E-state index >= 15 is 0 Å². The molecule has 1 heterocycles. The molecule has 94 valence electrons. The number of fused-ring (bicyclic) bond motifs is 1. The molecule has 0 spiro atoms. The predicted molar refractivity (Wildman–Crippen MR) is 71.4 cm³/mol. The fourth-order valence-corrected chi connectivity index (χ4v) is 1.77. The summed E-state index contributed by atoms with van der Waals surface area (Å²) < 4.78 is 0. The highest BCUT2D eigenvalue weighted by Crippen LogP contribution is 2.20. The summed E-state index contributed by atoms with van der Waals surface area (Å²) in [5, 5.41) is 6.62. The summed E-state index contributed by atoms with van der Waals surface area (Å²) in [5.74, 6) is 0.606. The fraction of sp³-hybridized carbons (Fsp3) is 0.308. The second-order valence-corrected chi connectivity index (χ2v) is 4.22. The summed E-state index contributed by atoms with van der Waals surface area (Å²) in [6, 6.07) is 5.62. The molecule has 18 heavy (non-hydrogen) atoms. The molecule has 5 heteroatoms. The minimum Gasteiger partial charge on any atom is -0.358 e. The van der Waals surface area contributed by atoms with Crippen molar-refractivity contribution in [3.05, 3.63) is 30.1 Å². The number of hydrogen-bond donors (Lipinski definition) is 2. The summed E-state index contributed by atoms with van der Waals surface area (Å²) in [4.78, 5) is 19.9. The number of benzene rings is 1. The highest BCUT2D eigenvalue weighted by atomic mass is 16.2. The molecular formula is C13H16N4O. The van der Waals surface area contributed by atoms with Crippen LogP contribution in [0.5, 0.6) is 0 Å². The first-order chi connectivity index (χ1) is 8.61. The van der Waals surface area contributed by atoms with Crippen LogP contribution in [0.3, 0.4) is 0 Å². The van der Waals surface area contributed by atoms with Crippen molar-refractivity contribution in [1.29, 1.82) is 0 Å². The van der Waals surface area contributed by atoms with Gasteiger partial charge < -0.3 is 10.6 Å². The van der Waals surface area contributed by atoms with Crippen molar-refractivity contribution >= 4 is 22.6 Å². The van der Waals surface area contributed by atoms with E-state index in [0.29, 0.717) is 5.82 Å². The van der Waals surface area contributed by atoms with Crippen LogP contribution in [0.4, 0.5) is 5.82 Å². The van der Waals surface area contributed by atoms with Gasteiger partial charge in [0.25, 0.3) is 0 Å². The molecule has 1 atom stereocenters. The van der Waals surface area contributed by atoms with Gasteiger partial charge in [0.15, 0.2) is 0 Å². The molecule has 5 nitrogen and oxygen atoms in total. The van der Waals surface area contributed by atoms with E-state index in [-0.39, 0.29) is 11.9 Å². The van der Waals surface area contributed by atoms with Crippen molar-refractivity contribution < 1.29 is 4.79 Å². The van der Waals surface area contributed by atoms with Crippen molar-refractivity contribution in [3.63, 3.8) is 0 Å². The molecule has 0 unspecified atom stereocenters. The number of amides is 1. The molecule has 0 fully saturated rings. The van der Waals surface area contributed by atoms with E-state index in [2.05, 4.69) is 20.6 Å². The van der Waals surface area contributed by atoms with Crippen molar-refractivity contribution in [2.75, 3.05) is 12.4 Å². The smallest absolute Gasteiger partial charge is 0.241 e. The zero-order valence-corrected chi connectivity index (χ0v) is 10.7. The van der Waals surface area contributed by atoms with E-state index < -0.39 is 0 Å². The van der Waals surface area contributed by atoms with Crippen molar-refractivity contribution in [2.24, 2.45) is 0 Å². The van der Waals surface area contributed by atoms with Gasteiger partial charge in [-0.2, -0.15) is 0 Å². The number of aromatic nitrogens is 2. The number of nitrogens with one attached hydrogen (secondary N) is 2. The minimum absolute atomic E-state index is 0.0746. The molecule has 1 aromatic heterocycles. The summed E-state index contributed by atoms with van der Waals surface area (Å²) in [7, 11) is 1.61. The number of carbonyl (C=O) groups excluding carboxylic acids is 1. The largest absolute Gasteiger partial charge is 0.358 e. The number of carbonyl (C=O) groups is 1. The average Bonchev–Trinajstić information content (AvgIpc) is 2.38. The van der Waals surface area contributed by atoms with Crippen LogP contribution in [0.25, 0.3) is 10.9 Å². The van der Waals surface area contributed by atoms with Crippen LogP contribution in [-0.2, 0) is 4.79 Å². The van der Waals surface area contributed by atoms with Crippen LogP contribution in [0.15, 0.2) is 24.5 Å². The molecule has 2 rings (SSSR count). The number of rotatable bonds is 3. The molecule has 1 amide bonds. The van der Waals surface area contributed by atoms with Crippen LogP contribution in [0, 0.1) is 6.92 Å². The Balaban J connectivity index is 2.38. The van der Waals surface area contributed by atoms with Crippen LogP contribution in [-0.4, -0.2) is 29.0 Å². The van der Waals surface area contributed by atoms with Gasteiger partial charge in [0.05, 0.1) is 5.52 Å². The second-order valence-electron chi connectivity index (χ2n) is 4.22. The lowest BCUT2D eigenvalue weighted by atomic mass is 10.1. The Hall–Kier alpha value is -2.17. The summed E-state index contributed by atoms with van der Waals surface area (Å²) >= 11 is 0. The Labute approximate surface area is 106 Å². The van der Waals surface area contributed by atoms with Crippen molar-refractivity contribution in [1.82, 2.24) is 15.3 Å². The maximum Gasteiger partial charge on any atom is 0.241 e. The van der Waals surface area contributed by atoms with Gasteiger partial charge >= 0.3 is 0 Å². The lowest BCUT2D eigenvalue weighted by Gasteiger charge is -2.14. The Morgan fingerprint density at radius 3 is 2.83 bits per heavy atom. The third-order valence-electron chi connectivity index (χ3n) is 2.78. The van der Waals surface area contributed by atoms with E-state index in [1.165, 1.54) is 6.33 Å². The Kier molecular flexibility index (Phi) is 3.41. The van der Waals surface area contributed by atoms with E-state index in [1.807, 2.05) is 25.1 Å². The number of nitrogens with zero attached hydrogens (tertiary/aromatic N) is 2. The Morgan fingerprint density at radius 2 is 2.11 bits per heavy atom. The highest BCUT2D eigenvalue weighted by molar-refractivity contribution is 5.92. The van der Waals surface area contributed by atoms with Gasteiger partial charge in [-0.25, -0.2) is 9.97 Å². The van der Waals surface area contributed by atoms with Crippen LogP contribution < -0.4 is 10.6 Å². The normalized spacial score (nSPS) is 12.2. The zero-order valence-electron chi connectivity index (χ0n) is 10.7. The Morgan fingerprint density at radius 1 is 1.33 bits per heavy atom. The summed E-state index contributed by atoms with van der Waals surface area (Å²) in [6.07, 6.45) is 1.50. The first-order valence-electron chi connectivity index (χ1n) is 5.81.